The number of benzene rings is 1. The summed E-state index contributed by atoms with van der Waals surface area (Å²) in [5, 5.41) is 10.4. The molecule has 0 bridgehead atoms. The van der Waals surface area contributed by atoms with E-state index in [2.05, 4.69) is 20.9 Å². The number of likely N-dealkylation sites (tertiary alicyclic amines) is 1. The number of pyridine rings is 1. The predicted molar refractivity (Wildman–Crippen MR) is 135 cm³/mol. The topological polar surface area (TPSA) is 92.5 Å². The number of rotatable bonds is 4. The highest BCUT2D eigenvalue weighted by atomic mass is 79.9. The minimum Gasteiger partial charge on any atom is -0.391 e. The van der Waals surface area contributed by atoms with Gasteiger partial charge in [-0.1, -0.05) is 40.2 Å². The molecule has 1 unspecified atom stereocenters. The summed E-state index contributed by atoms with van der Waals surface area (Å²) in [5.41, 5.74) is 2.41. The van der Waals surface area contributed by atoms with Crippen LogP contribution in [0.3, 0.4) is 0 Å². The Morgan fingerprint density at radius 3 is 2.68 bits per heavy atom. The normalized spacial score (nSPS) is 22.9. The zero-order chi connectivity index (χ0) is 24.1. The Hall–Kier alpha value is -2.75. The van der Waals surface area contributed by atoms with E-state index < -0.39 is 20.9 Å². The van der Waals surface area contributed by atoms with Crippen molar-refractivity contribution < 1.29 is 18.3 Å². The number of fused-ring (bicyclic) bond motifs is 1. The Morgan fingerprint density at radius 2 is 2.00 bits per heavy atom. The molecular formula is C25H24BrN3O4S. The Morgan fingerprint density at radius 1 is 1.24 bits per heavy atom. The maximum atomic E-state index is 13.8. The molecule has 5 rings (SSSR count). The largest absolute Gasteiger partial charge is 0.391 e. The minimum atomic E-state index is -3.83. The van der Waals surface area contributed by atoms with Crippen LogP contribution in [0, 0.1) is 0 Å². The van der Waals surface area contributed by atoms with Gasteiger partial charge in [0.15, 0.2) is 5.65 Å². The van der Waals surface area contributed by atoms with E-state index in [1.165, 1.54) is 3.97 Å². The maximum Gasteiger partial charge on any atom is 0.253 e. The summed E-state index contributed by atoms with van der Waals surface area (Å²) < 4.78 is 28.4. The molecule has 1 aliphatic heterocycles. The number of nitrogens with zero attached hydrogens (tertiary/aromatic N) is 3. The number of aliphatic hydroxyl groups is 1. The zero-order valence-corrected chi connectivity index (χ0v) is 21.0. The number of amides is 1. The number of hydrogen-bond acceptors (Lipinski definition) is 5. The van der Waals surface area contributed by atoms with E-state index in [1.807, 2.05) is 30.4 Å². The number of allylic oxidation sites excluding steroid dienone is 3. The highest BCUT2D eigenvalue weighted by molar-refractivity contribution is 9.11. The molecule has 0 saturated carbocycles. The summed E-state index contributed by atoms with van der Waals surface area (Å²) in [4.78, 5) is 18.8. The van der Waals surface area contributed by atoms with Crippen LogP contribution in [-0.4, -0.2) is 57.2 Å². The third-order valence-corrected chi connectivity index (χ3v) is 9.27. The average Bonchev–Trinajstić information content (AvgIpc) is 3.43. The van der Waals surface area contributed by atoms with Gasteiger partial charge in [0.05, 0.1) is 6.10 Å². The van der Waals surface area contributed by atoms with Crippen molar-refractivity contribution in [1.82, 2.24) is 13.9 Å². The van der Waals surface area contributed by atoms with E-state index in [0.29, 0.717) is 42.5 Å². The molecule has 1 aromatic carbocycles. The molecule has 176 valence electrons. The number of carbonyl (C=O) groups is 1. The van der Waals surface area contributed by atoms with E-state index in [0.717, 1.165) is 15.6 Å². The molecule has 9 heteroatoms. The smallest absolute Gasteiger partial charge is 0.253 e. The molecule has 3 heterocycles. The second kappa shape index (κ2) is 8.48. The molecule has 2 aromatic heterocycles. The van der Waals surface area contributed by atoms with Gasteiger partial charge in [-0.25, -0.2) is 17.4 Å². The Labute approximate surface area is 206 Å². The first-order valence-electron chi connectivity index (χ1n) is 11.0. The summed E-state index contributed by atoms with van der Waals surface area (Å²) in [6.45, 7) is 2.59. The Balaban J connectivity index is 1.55. The Kier molecular flexibility index (Phi) is 5.74. The zero-order valence-electron chi connectivity index (χ0n) is 18.6. The molecule has 0 spiro atoms. The van der Waals surface area contributed by atoms with Crippen molar-refractivity contribution in [2.75, 3.05) is 13.1 Å². The molecule has 1 fully saturated rings. The molecule has 1 aliphatic carbocycles. The van der Waals surface area contributed by atoms with Crippen molar-refractivity contribution in [3.05, 3.63) is 77.1 Å². The molecule has 1 amide bonds. The molecule has 0 radical (unpaired) electrons. The van der Waals surface area contributed by atoms with Crippen LogP contribution in [0.1, 0.15) is 30.1 Å². The lowest BCUT2D eigenvalue weighted by molar-refractivity contribution is 0.0765. The lowest BCUT2D eigenvalue weighted by atomic mass is 10.0. The lowest BCUT2D eigenvalue weighted by Crippen LogP contribution is -2.38. The summed E-state index contributed by atoms with van der Waals surface area (Å²) in [6, 6.07) is 10.7. The van der Waals surface area contributed by atoms with Gasteiger partial charge >= 0.3 is 0 Å². The van der Waals surface area contributed by atoms with Gasteiger partial charge in [-0.15, -0.1) is 0 Å². The third kappa shape index (κ3) is 3.81. The van der Waals surface area contributed by atoms with Crippen LogP contribution in [0.4, 0.5) is 0 Å². The van der Waals surface area contributed by atoms with Gasteiger partial charge in [-0.3, -0.25) is 4.79 Å². The summed E-state index contributed by atoms with van der Waals surface area (Å²) >= 11 is 3.41. The van der Waals surface area contributed by atoms with Crippen LogP contribution in [0.2, 0.25) is 0 Å². The standard InChI is InChI=1S/C25H24BrN3O4S/c1-25(11-2-4-19(26)14-25)34(32,33)29-16-22(21-5-3-12-27-23(21)29)17-6-8-18(9-7-17)24(31)28-13-10-20(30)15-28/h2-9,12,14,16,20,30H,10-11,13,15H2,1H3/t20-,25?/m0/s1. The van der Waals surface area contributed by atoms with Crippen molar-refractivity contribution in [1.29, 1.82) is 0 Å². The molecule has 1 saturated heterocycles. The van der Waals surface area contributed by atoms with Gasteiger partial charge in [0.1, 0.15) is 4.75 Å². The van der Waals surface area contributed by atoms with Crippen molar-refractivity contribution in [3.63, 3.8) is 0 Å². The molecule has 7 nitrogen and oxygen atoms in total. The van der Waals surface area contributed by atoms with Crippen molar-refractivity contribution >= 4 is 42.9 Å². The molecule has 3 aromatic rings. The van der Waals surface area contributed by atoms with Gasteiger partial charge < -0.3 is 10.0 Å². The van der Waals surface area contributed by atoms with Crippen molar-refractivity contribution in [3.8, 4) is 11.1 Å². The second-order valence-corrected chi connectivity index (χ2v) is 12.1. The molecule has 2 aliphatic rings. The summed E-state index contributed by atoms with van der Waals surface area (Å²) in [6.07, 6.45) is 9.08. The van der Waals surface area contributed by atoms with Crippen LogP contribution < -0.4 is 0 Å². The van der Waals surface area contributed by atoms with E-state index in [9.17, 15) is 18.3 Å². The molecule has 1 N–H and O–H groups in total. The van der Waals surface area contributed by atoms with E-state index in [-0.39, 0.29) is 5.91 Å². The second-order valence-electron chi connectivity index (χ2n) is 8.94. The number of carbonyl (C=O) groups excluding carboxylic acids is 1. The fourth-order valence-electron chi connectivity index (χ4n) is 4.55. The van der Waals surface area contributed by atoms with Crippen LogP contribution in [0.15, 0.2) is 71.5 Å². The molecule has 34 heavy (non-hydrogen) atoms. The van der Waals surface area contributed by atoms with Crippen LogP contribution in [0.5, 0.6) is 0 Å². The Bertz CT molecular complexity index is 1440. The van der Waals surface area contributed by atoms with Gasteiger partial charge in [-0.05, 0) is 55.7 Å². The number of halogens is 1. The van der Waals surface area contributed by atoms with Crippen LogP contribution >= 0.6 is 15.9 Å². The number of aliphatic hydroxyl groups excluding tert-OH is 1. The summed E-state index contributed by atoms with van der Waals surface area (Å²) in [7, 11) is -3.83. The fourth-order valence-corrected chi connectivity index (χ4v) is 7.05. The number of β-amino-alcohol motifs (C(OH)–C–C–N with tert-alkyl or cyclic N) is 1. The SMILES string of the molecule is CC1(S(=O)(=O)n2cc(-c3ccc(C(=O)N4CC[C@H](O)C4)cc3)c3cccnc32)C=C(Br)C=CC1. The molecular weight excluding hydrogens is 518 g/mol. The van der Waals surface area contributed by atoms with E-state index >= 15 is 0 Å². The van der Waals surface area contributed by atoms with Crippen molar-refractivity contribution in [2.45, 2.75) is 30.6 Å². The third-order valence-electron chi connectivity index (χ3n) is 6.52. The number of aromatic nitrogens is 2. The average molecular weight is 542 g/mol. The highest BCUT2D eigenvalue weighted by Gasteiger charge is 2.40. The fraction of sp³-hybridized carbons (Fsp3) is 0.280. The first kappa shape index (κ1) is 23.0. The summed E-state index contributed by atoms with van der Waals surface area (Å²) in [5.74, 6) is -0.120. The maximum absolute atomic E-state index is 13.8. The van der Waals surface area contributed by atoms with E-state index in [1.54, 1.807) is 48.5 Å². The number of hydrogen-bond donors (Lipinski definition) is 1. The first-order valence-corrected chi connectivity index (χ1v) is 13.3. The highest BCUT2D eigenvalue weighted by Crippen LogP contribution is 2.37. The first-order chi connectivity index (χ1) is 16.2. The monoisotopic (exact) mass is 541 g/mol. The van der Waals surface area contributed by atoms with Gasteiger partial charge in [0.25, 0.3) is 5.91 Å². The van der Waals surface area contributed by atoms with Gasteiger partial charge in [0.2, 0.25) is 10.0 Å². The van der Waals surface area contributed by atoms with Crippen molar-refractivity contribution in [2.24, 2.45) is 0 Å². The van der Waals surface area contributed by atoms with Gasteiger partial charge in [0, 0.05) is 46.5 Å². The minimum absolute atomic E-state index is 0.120. The van der Waals surface area contributed by atoms with Crippen LogP contribution in [-0.2, 0) is 10.0 Å². The van der Waals surface area contributed by atoms with Gasteiger partial charge in [-0.2, -0.15) is 0 Å². The predicted octanol–water partition coefficient (Wildman–Crippen LogP) is 4.09. The quantitative estimate of drug-likeness (QED) is 0.537. The van der Waals surface area contributed by atoms with E-state index in [4.69, 9.17) is 0 Å². The lowest BCUT2D eigenvalue weighted by Gasteiger charge is -2.27. The van der Waals surface area contributed by atoms with Crippen LogP contribution in [0.25, 0.3) is 22.2 Å². The molecule has 2 atom stereocenters.